The molecule has 5 aromatic carbocycles. The Balaban J connectivity index is 0.000000204. The summed E-state index contributed by atoms with van der Waals surface area (Å²) >= 11 is 16.1. The summed E-state index contributed by atoms with van der Waals surface area (Å²) in [5.74, 6) is -1.10. The first-order valence-electron chi connectivity index (χ1n) is 33.7. The number of aryl methyl sites for hydroxylation is 4. The first-order chi connectivity index (χ1) is 47.1. The number of anilines is 2. The van der Waals surface area contributed by atoms with Gasteiger partial charge >= 0.3 is 0 Å². The lowest BCUT2D eigenvalue weighted by atomic mass is 10.0. The van der Waals surface area contributed by atoms with Crippen LogP contribution in [-0.2, 0) is 68.1 Å². The number of pyridine rings is 2. The van der Waals surface area contributed by atoms with Crippen LogP contribution in [-0.4, -0.2) is 122 Å². The van der Waals surface area contributed by atoms with Gasteiger partial charge < -0.3 is 46.7 Å². The lowest BCUT2D eigenvalue weighted by molar-refractivity contribution is 0.0903. The molecule has 508 valence electrons. The zero-order chi connectivity index (χ0) is 68.0. The van der Waals surface area contributed by atoms with E-state index in [1.807, 2.05) is 46.9 Å². The summed E-state index contributed by atoms with van der Waals surface area (Å²) < 4.78 is 15.8. The number of ether oxygens (including phenoxy) is 2. The number of carbonyl (C=O) groups is 4. The molecule has 4 aromatic heterocycles. The van der Waals surface area contributed by atoms with Gasteiger partial charge in [-0.05, 0) is 166 Å². The second-order valence-electron chi connectivity index (χ2n) is 24.8. The number of amides is 4. The summed E-state index contributed by atoms with van der Waals surface area (Å²) in [5, 5.41) is 35.3. The Morgan fingerprint density at radius 1 is 0.557 bits per heavy atom. The van der Waals surface area contributed by atoms with Crippen LogP contribution in [0.15, 0.2) is 126 Å². The van der Waals surface area contributed by atoms with Crippen molar-refractivity contribution in [1.82, 2.24) is 61.0 Å². The number of hydrogen-bond donors (Lipinski definition) is 7. The number of nitrogens with zero attached hydrogens (tertiary/aromatic N) is 7. The van der Waals surface area contributed by atoms with E-state index in [1.165, 1.54) is 5.56 Å². The highest BCUT2D eigenvalue weighted by molar-refractivity contribution is 9.10. The topological polar surface area (TPSA) is 236 Å². The van der Waals surface area contributed by atoms with Crippen molar-refractivity contribution in [3.05, 3.63) is 198 Å². The SMILES string of the molecule is CCc1nc2c(cnn2CC)c(NC2CCOCC2)c1CNC(=O)c1cccc(C(=O)NCc2cc(Cl)cc(-c3cccc(CN4CCN[C@@H](C)C4)c3)c2)c1.CCc1nc2c(cnn2CC)c(NC2CCOCC2)c1CNC(=O)c1cccc(C(=O)NCc2cc(Cl)cc(Br)c2)c1. The van der Waals surface area contributed by atoms with Crippen molar-refractivity contribution in [2.75, 3.05) is 56.7 Å². The quantitative estimate of drug-likeness (QED) is 0.0316. The van der Waals surface area contributed by atoms with Crippen LogP contribution in [0.3, 0.4) is 0 Å². The Bertz CT molecular complexity index is 4260. The average Bonchev–Trinajstić information content (AvgIpc) is 1.74. The van der Waals surface area contributed by atoms with Gasteiger partial charge in [-0.25, -0.2) is 19.3 Å². The van der Waals surface area contributed by atoms with Gasteiger partial charge in [0.05, 0.1) is 34.5 Å². The molecule has 0 radical (unpaired) electrons. The number of carbonyl (C=O) groups excluding carboxylic acids is 4. The second kappa shape index (κ2) is 33.3. The number of benzene rings is 5. The highest BCUT2D eigenvalue weighted by atomic mass is 79.9. The lowest BCUT2D eigenvalue weighted by Crippen LogP contribution is -2.48. The van der Waals surface area contributed by atoms with E-state index in [9.17, 15) is 19.2 Å². The van der Waals surface area contributed by atoms with E-state index in [2.05, 4.69) is 126 Å². The molecule has 12 rings (SSSR count). The monoisotopic (exact) mass is 1410 g/mol. The maximum atomic E-state index is 13.6. The molecule has 0 saturated carbocycles. The third-order valence-corrected chi connectivity index (χ3v) is 18.8. The van der Waals surface area contributed by atoms with Crippen LogP contribution in [0.5, 0.6) is 0 Å². The van der Waals surface area contributed by atoms with Crippen molar-refractivity contribution in [2.24, 2.45) is 0 Å². The van der Waals surface area contributed by atoms with Crippen molar-refractivity contribution in [3.8, 4) is 11.1 Å². The van der Waals surface area contributed by atoms with Crippen molar-refractivity contribution in [2.45, 2.75) is 137 Å². The molecule has 4 amide bonds. The van der Waals surface area contributed by atoms with Crippen molar-refractivity contribution in [1.29, 1.82) is 0 Å². The number of aromatic nitrogens is 6. The van der Waals surface area contributed by atoms with Gasteiger partial charge in [-0.2, -0.15) is 10.2 Å². The number of rotatable bonds is 23. The van der Waals surface area contributed by atoms with E-state index in [0.717, 1.165) is 135 Å². The number of fused-ring (bicyclic) bond motifs is 2. The predicted molar refractivity (Wildman–Crippen MR) is 386 cm³/mol. The van der Waals surface area contributed by atoms with Gasteiger partial charge in [-0.1, -0.05) is 83.3 Å². The standard InChI is InChI=1S/C43H51ClN8O3.C31H34BrClN6O3/c1-4-39-37(40(49-36-12-16-55-17-13-36)38-25-48-52(5-2)41(38)50-39)24-47-43(54)33-11-7-10-32(21-33)42(53)46-23-30-19-34(22-35(44)20-30)31-9-6-8-29(18-31)27-51-15-14-45-28(3)26-51;1-3-27-25(28(37-24-8-10-42-11-9-24)26-18-36-39(4-2)29(26)38-27)17-35-31(41)21-7-5-6-20(14-21)30(40)34-16-19-12-22(32)15-23(33)13-19/h6-11,18-22,25,28,36,45H,4-5,12-17,23-24,26-27H2,1-3H3,(H,46,53)(H,47,54)(H,49,50);5-7,12-15,18,24H,3-4,8-11,16-17H2,1-2H3,(H,34,40)(H,35,41)(H,37,38)/t28-;/m0./s1. The van der Waals surface area contributed by atoms with E-state index >= 15 is 0 Å². The Labute approximate surface area is 584 Å². The molecule has 1 atom stereocenters. The van der Waals surface area contributed by atoms with E-state index in [-0.39, 0.29) is 55.3 Å². The Morgan fingerprint density at radius 2 is 1.01 bits per heavy atom. The van der Waals surface area contributed by atoms with Crippen LogP contribution >= 0.6 is 39.1 Å². The zero-order valence-corrected chi connectivity index (χ0v) is 58.7. The molecule has 0 unspecified atom stereocenters. The van der Waals surface area contributed by atoms with Gasteiger partial charge in [-0.15, -0.1) is 0 Å². The van der Waals surface area contributed by atoms with Gasteiger partial charge in [0, 0.05) is 169 Å². The summed E-state index contributed by atoms with van der Waals surface area (Å²) in [6, 6.07) is 34.5. The molecule has 97 heavy (non-hydrogen) atoms. The minimum atomic E-state index is -0.278. The maximum absolute atomic E-state index is 13.6. The fraction of sp³-hybridized carbons (Fsp3) is 0.378. The predicted octanol–water partition coefficient (Wildman–Crippen LogP) is 12.5. The maximum Gasteiger partial charge on any atom is 0.251 e. The first-order valence-corrected chi connectivity index (χ1v) is 35.2. The Morgan fingerprint density at radius 3 is 1.47 bits per heavy atom. The van der Waals surface area contributed by atoms with Crippen LogP contribution in [0.2, 0.25) is 10.0 Å². The summed E-state index contributed by atoms with van der Waals surface area (Å²) in [6.45, 7) is 19.8. The van der Waals surface area contributed by atoms with Gasteiger partial charge in [0.1, 0.15) is 0 Å². The molecule has 0 aliphatic carbocycles. The number of hydrogen-bond acceptors (Lipinski definition) is 14. The molecule has 9 aromatic rings. The average molecular weight is 1420 g/mol. The highest BCUT2D eigenvalue weighted by Gasteiger charge is 2.26. The lowest BCUT2D eigenvalue weighted by Gasteiger charge is -2.31. The Kier molecular flexibility index (Phi) is 24.1. The fourth-order valence-electron chi connectivity index (χ4n) is 12.8. The van der Waals surface area contributed by atoms with Crippen LogP contribution in [0, 0.1) is 0 Å². The summed E-state index contributed by atoms with van der Waals surface area (Å²) in [5.41, 5.74) is 14.0. The normalized spacial score (nSPS) is 15.4. The molecule has 3 aliphatic heterocycles. The van der Waals surface area contributed by atoms with E-state index in [4.69, 9.17) is 42.6 Å². The van der Waals surface area contributed by atoms with E-state index < -0.39 is 0 Å². The van der Waals surface area contributed by atoms with Crippen LogP contribution in [0.4, 0.5) is 11.4 Å². The van der Waals surface area contributed by atoms with Crippen LogP contribution < -0.4 is 37.2 Å². The molecule has 7 N–H and O–H groups in total. The minimum Gasteiger partial charge on any atom is -0.381 e. The molecule has 20 nitrogen and oxygen atoms in total. The second-order valence-corrected chi connectivity index (χ2v) is 26.6. The number of halogens is 3. The van der Waals surface area contributed by atoms with Crippen LogP contribution in [0.1, 0.15) is 141 Å². The molecular formula is C74H85BrCl2N14O6. The molecular weight excluding hydrogens is 1330 g/mol. The highest BCUT2D eigenvalue weighted by Crippen LogP contribution is 2.34. The number of nitrogens with one attached hydrogen (secondary N) is 7. The van der Waals surface area contributed by atoms with Crippen molar-refractivity contribution >= 4 is 96.2 Å². The number of piperazine rings is 1. The van der Waals surface area contributed by atoms with Crippen molar-refractivity contribution in [3.63, 3.8) is 0 Å². The van der Waals surface area contributed by atoms with Gasteiger partial charge in [0.25, 0.3) is 23.6 Å². The summed E-state index contributed by atoms with van der Waals surface area (Å²) in [4.78, 5) is 65.7. The molecule has 0 bridgehead atoms. The fourth-order valence-corrected chi connectivity index (χ4v) is 14.0. The molecule has 23 heteroatoms. The molecule has 3 saturated heterocycles. The molecule has 7 heterocycles. The van der Waals surface area contributed by atoms with E-state index in [0.29, 0.717) is 97.2 Å². The smallest absolute Gasteiger partial charge is 0.251 e. The summed E-state index contributed by atoms with van der Waals surface area (Å²) in [6.07, 6.45) is 8.72. The molecule has 3 fully saturated rings. The van der Waals surface area contributed by atoms with E-state index in [1.54, 1.807) is 60.7 Å². The third-order valence-electron chi connectivity index (χ3n) is 17.9. The molecule has 0 spiro atoms. The van der Waals surface area contributed by atoms with Crippen molar-refractivity contribution < 1.29 is 28.7 Å². The zero-order valence-electron chi connectivity index (χ0n) is 55.6. The van der Waals surface area contributed by atoms with Gasteiger partial charge in [0.15, 0.2) is 11.3 Å². The van der Waals surface area contributed by atoms with Gasteiger partial charge in [0.2, 0.25) is 0 Å². The third kappa shape index (κ3) is 17.9. The van der Waals surface area contributed by atoms with Gasteiger partial charge in [-0.3, -0.25) is 24.1 Å². The first kappa shape index (κ1) is 70.1. The van der Waals surface area contributed by atoms with Crippen LogP contribution in [0.25, 0.3) is 33.2 Å². The molecule has 3 aliphatic rings. The largest absolute Gasteiger partial charge is 0.381 e. The summed E-state index contributed by atoms with van der Waals surface area (Å²) in [7, 11) is 0. The minimum absolute atomic E-state index is 0.250. The Hall–Kier alpha value is -8.28.